The summed E-state index contributed by atoms with van der Waals surface area (Å²) in [5, 5.41) is 13.0. The molecule has 33 heavy (non-hydrogen) atoms. The number of hydrogen-bond donors (Lipinski definition) is 2. The molecule has 0 aliphatic carbocycles. The van der Waals surface area contributed by atoms with Crippen LogP contribution >= 0.6 is 12.8 Å². The van der Waals surface area contributed by atoms with Gasteiger partial charge < -0.3 is 9.94 Å². The van der Waals surface area contributed by atoms with Crippen molar-refractivity contribution in [1.82, 2.24) is 18.9 Å². The molecule has 1 aliphatic heterocycles. The summed E-state index contributed by atoms with van der Waals surface area (Å²) in [4.78, 5) is 7.09. The Hall–Kier alpha value is -2.74. The molecule has 2 aromatic carbocycles. The second-order valence-electron chi connectivity index (χ2n) is 8.15. The molecule has 6 nitrogen and oxygen atoms in total. The van der Waals surface area contributed by atoms with Crippen LogP contribution in [0.3, 0.4) is 0 Å². The summed E-state index contributed by atoms with van der Waals surface area (Å²) in [6.45, 7) is 11.0. The minimum absolute atomic E-state index is 0.498. The van der Waals surface area contributed by atoms with Crippen LogP contribution in [0.1, 0.15) is 25.0 Å². The zero-order valence-electron chi connectivity index (χ0n) is 19.7. The van der Waals surface area contributed by atoms with Gasteiger partial charge in [-0.25, -0.2) is 4.98 Å². The summed E-state index contributed by atoms with van der Waals surface area (Å²) < 4.78 is 8.88. The number of methoxy groups -OCH3 is 1. The van der Waals surface area contributed by atoms with Crippen molar-refractivity contribution < 1.29 is 9.94 Å². The second kappa shape index (κ2) is 10.0. The van der Waals surface area contributed by atoms with Crippen LogP contribution in [0.5, 0.6) is 5.88 Å². The van der Waals surface area contributed by atoms with Gasteiger partial charge in [-0.2, -0.15) is 4.73 Å². The highest BCUT2D eigenvalue weighted by Gasteiger charge is 2.19. The fourth-order valence-electron chi connectivity index (χ4n) is 4.33. The normalized spacial score (nSPS) is 14.9. The van der Waals surface area contributed by atoms with Crippen molar-refractivity contribution in [3.8, 4) is 17.1 Å². The molecule has 0 saturated carbocycles. The molecule has 1 N–H and O–H groups in total. The van der Waals surface area contributed by atoms with Crippen LogP contribution < -0.4 is 4.74 Å². The van der Waals surface area contributed by atoms with Crippen molar-refractivity contribution in [3.63, 3.8) is 0 Å². The van der Waals surface area contributed by atoms with Gasteiger partial charge in [0.15, 0.2) is 0 Å². The Morgan fingerprint density at radius 3 is 2.45 bits per heavy atom. The number of para-hydroxylation sites is 1. The summed E-state index contributed by atoms with van der Waals surface area (Å²) in [5.74, 6) is 0.498. The molecular weight excluding hydrogens is 432 g/mol. The van der Waals surface area contributed by atoms with Gasteiger partial charge in [0, 0.05) is 43.5 Å². The number of nitrogens with zero attached hydrogens (tertiary/aromatic N) is 4. The smallest absolute Gasteiger partial charge is 0.223 e. The first kappa shape index (κ1) is 23.4. The van der Waals surface area contributed by atoms with E-state index in [4.69, 9.17) is 4.74 Å². The fourth-order valence-corrected chi connectivity index (χ4v) is 4.51. The van der Waals surface area contributed by atoms with Crippen LogP contribution in [0.15, 0.2) is 48.5 Å². The first-order chi connectivity index (χ1) is 16.0. The molecular formula is C26H32N4O2S. The summed E-state index contributed by atoms with van der Waals surface area (Å²) in [7, 11) is 1.61. The lowest BCUT2D eigenvalue weighted by molar-refractivity contribution is 0.190. The lowest BCUT2D eigenvalue weighted by Gasteiger charge is -2.31. The third-order valence-electron chi connectivity index (χ3n) is 6.13. The fraction of sp³-hybridized carbons (Fsp3) is 0.346. The van der Waals surface area contributed by atoms with Crippen molar-refractivity contribution in [2.24, 2.45) is 0 Å². The van der Waals surface area contributed by atoms with Gasteiger partial charge >= 0.3 is 0 Å². The van der Waals surface area contributed by atoms with Crippen LogP contribution in [0.25, 0.3) is 33.1 Å². The van der Waals surface area contributed by atoms with Gasteiger partial charge in [0.2, 0.25) is 5.88 Å². The van der Waals surface area contributed by atoms with E-state index in [9.17, 15) is 5.21 Å². The van der Waals surface area contributed by atoms with E-state index in [0.717, 1.165) is 60.1 Å². The van der Waals surface area contributed by atoms with E-state index in [0.29, 0.717) is 11.6 Å². The molecule has 3 heterocycles. The van der Waals surface area contributed by atoms with Gasteiger partial charge in [0.05, 0.1) is 29.4 Å². The van der Waals surface area contributed by atoms with E-state index in [2.05, 4.69) is 46.1 Å². The molecule has 2 aromatic heterocycles. The zero-order chi connectivity index (χ0) is 23.5. The third-order valence-corrected chi connectivity index (χ3v) is 6.53. The Balaban J connectivity index is 0.00000126. The maximum absolute atomic E-state index is 11.0. The van der Waals surface area contributed by atoms with Crippen molar-refractivity contribution in [2.45, 2.75) is 27.3 Å². The molecule has 0 unspecified atom stereocenters. The number of aromatic nitrogens is 2. The highest BCUT2D eigenvalue weighted by molar-refractivity contribution is 7.77. The molecule has 174 valence electrons. The van der Waals surface area contributed by atoms with Crippen LogP contribution in [0.4, 0.5) is 0 Å². The Kier molecular flexibility index (Phi) is 7.12. The largest absolute Gasteiger partial charge is 0.480 e. The van der Waals surface area contributed by atoms with E-state index in [1.54, 1.807) is 7.11 Å². The highest BCUT2D eigenvalue weighted by atomic mass is 32.1. The lowest BCUT2D eigenvalue weighted by atomic mass is 10.0. The molecule has 1 fully saturated rings. The van der Waals surface area contributed by atoms with Gasteiger partial charge in [0.25, 0.3) is 0 Å². The predicted octanol–water partition coefficient (Wildman–Crippen LogP) is 5.40. The predicted molar refractivity (Wildman–Crippen MR) is 138 cm³/mol. The van der Waals surface area contributed by atoms with E-state index >= 15 is 0 Å². The molecule has 1 aliphatic rings. The number of aryl methyl sites for hydroxylation is 1. The van der Waals surface area contributed by atoms with Crippen molar-refractivity contribution in [2.75, 3.05) is 33.3 Å². The molecule has 1 saturated heterocycles. The van der Waals surface area contributed by atoms with Gasteiger partial charge in [-0.15, -0.1) is 0 Å². The van der Waals surface area contributed by atoms with Crippen LogP contribution in [-0.2, 0) is 6.54 Å². The van der Waals surface area contributed by atoms with Crippen molar-refractivity contribution >= 4 is 34.6 Å². The first-order valence-corrected chi connectivity index (χ1v) is 11.9. The van der Waals surface area contributed by atoms with Crippen molar-refractivity contribution in [1.29, 1.82) is 0 Å². The SMILES string of the molecule is CC.COc1nc2ccccc2cc1-c1cc2cc(CN3CCN(S)CC3)c(C)cc2n1O. The van der Waals surface area contributed by atoms with Crippen molar-refractivity contribution in [3.05, 3.63) is 59.7 Å². The van der Waals surface area contributed by atoms with Gasteiger partial charge in [-0.1, -0.05) is 44.9 Å². The van der Waals surface area contributed by atoms with Crippen LogP contribution in [0, 0.1) is 6.92 Å². The van der Waals surface area contributed by atoms with Crippen LogP contribution in [-0.4, -0.2) is 57.4 Å². The Morgan fingerprint density at radius 1 is 1.00 bits per heavy atom. The summed E-state index contributed by atoms with van der Waals surface area (Å²) in [5.41, 5.74) is 5.54. The first-order valence-electron chi connectivity index (χ1n) is 11.5. The zero-order valence-corrected chi connectivity index (χ0v) is 20.6. The van der Waals surface area contributed by atoms with Gasteiger partial charge in [0.1, 0.15) is 0 Å². The van der Waals surface area contributed by atoms with E-state index < -0.39 is 0 Å². The van der Waals surface area contributed by atoms with Gasteiger partial charge in [-0.3, -0.25) is 9.21 Å². The maximum atomic E-state index is 11.0. The van der Waals surface area contributed by atoms with E-state index in [1.807, 2.05) is 50.2 Å². The molecule has 4 aromatic rings. The molecule has 0 amide bonds. The molecule has 0 atom stereocenters. The monoisotopic (exact) mass is 464 g/mol. The van der Waals surface area contributed by atoms with E-state index in [1.165, 1.54) is 15.9 Å². The van der Waals surface area contributed by atoms with Gasteiger partial charge in [-0.05, 0) is 48.4 Å². The average Bonchev–Trinajstić information content (AvgIpc) is 3.16. The number of benzene rings is 2. The summed E-state index contributed by atoms with van der Waals surface area (Å²) in [6.07, 6.45) is 0. The Bertz CT molecular complexity index is 1260. The number of fused-ring (bicyclic) bond motifs is 2. The Morgan fingerprint density at radius 2 is 1.73 bits per heavy atom. The maximum Gasteiger partial charge on any atom is 0.223 e. The molecule has 0 radical (unpaired) electrons. The lowest BCUT2D eigenvalue weighted by Crippen LogP contribution is -2.41. The summed E-state index contributed by atoms with van der Waals surface area (Å²) >= 11 is 4.44. The standard InChI is InChI=1S/C24H26N4O2S.C2H6/c1-16-11-22-18(12-19(16)15-26-7-9-27(31)10-8-26)14-23(28(22)29)20-13-17-5-3-4-6-21(17)25-24(20)30-2;1-2/h3-6,11-14,29,31H,7-10,15H2,1-2H3;1-2H3. The average molecular weight is 465 g/mol. The minimum atomic E-state index is 0.498. The summed E-state index contributed by atoms with van der Waals surface area (Å²) in [6, 6.07) is 16.2. The molecule has 5 rings (SSSR count). The number of pyridine rings is 1. The number of thiol groups is 1. The number of hydrogen-bond acceptors (Lipinski definition) is 6. The number of piperazine rings is 1. The highest BCUT2D eigenvalue weighted by Crippen LogP contribution is 2.35. The number of ether oxygens (including phenoxy) is 1. The number of rotatable bonds is 4. The quantitative estimate of drug-likeness (QED) is 0.313. The van der Waals surface area contributed by atoms with Crippen LogP contribution in [0.2, 0.25) is 0 Å². The molecule has 7 heteroatoms. The minimum Gasteiger partial charge on any atom is -0.480 e. The third kappa shape index (κ3) is 4.67. The molecule has 0 spiro atoms. The Labute approximate surface area is 200 Å². The topological polar surface area (TPSA) is 53.8 Å². The molecule has 0 bridgehead atoms. The van der Waals surface area contributed by atoms with E-state index in [-0.39, 0.29) is 0 Å². The second-order valence-corrected chi connectivity index (χ2v) is 8.71.